The van der Waals surface area contributed by atoms with E-state index < -0.39 is 0 Å². The van der Waals surface area contributed by atoms with Crippen LogP contribution >= 0.6 is 0 Å². The highest BCUT2D eigenvalue weighted by atomic mass is 15.0. The highest BCUT2D eigenvalue weighted by Gasteiger charge is 2.15. The maximum absolute atomic E-state index is 5.56. The van der Waals surface area contributed by atoms with E-state index in [1.165, 1.54) is 0 Å². The molecule has 1 aliphatic heterocycles. The normalized spacial score (nSPS) is 42.0. The fourth-order valence-electron chi connectivity index (χ4n) is 0.973. The summed E-state index contributed by atoms with van der Waals surface area (Å²) < 4.78 is 0. The summed E-state index contributed by atoms with van der Waals surface area (Å²) in [5.41, 5.74) is 5.56. The summed E-state index contributed by atoms with van der Waals surface area (Å²) in [6.07, 6.45) is 1.14. The van der Waals surface area contributed by atoms with Crippen LogP contribution in [0.3, 0.4) is 0 Å². The summed E-state index contributed by atoms with van der Waals surface area (Å²) in [7, 11) is 0. The predicted octanol–water partition coefficient (Wildman–Crippen LogP) is -0.305. The van der Waals surface area contributed by atoms with Gasteiger partial charge in [-0.1, -0.05) is 0 Å². The first-order chi connectivity index (χ1) is 3.29. The average Bonchev–Trinajstić information content (AvgIpc) is 1.87. The van der Waals surface area contributed by atoms with Gasteiger partial charge in [-0.2, -0.15) is 0 Å². The van der Waals surface area contributed by atoms with Gasteiger partial charge in [0.1, 0.15) is 0 Å². The quantitative estimate of drug-likeness (QED) is 0.438. The van der Waals surface area contributed by atoms with Gasteiger partial charge in [-0.3, -0.25) is 0 Å². The molecule has 0 amide bonds. The molecule has 0 aliphatic carbocycles. The second-order valence-corrected chi connectivity index (χ2v) is 2.31. The van der Waals surface area contributed by atoms with Crippen molar-refractivity contribution in [1.82, 2.24) is 5.32 Å². The minimum atomic E-state index is 0.412. The van der Waals surface area contributed by atoms with Crippen molar-refractivity contribution in [3.8, 4) is 0 Å². The number of rotatable bonds is 0. The Kier molecular flexibility index (Phi) is 1.30. The first kappa shape index (κ1) is 5.06. The van der Waals surface area contributed by atoms with Crippen LogP contribution in [0.5, 0.6) is 0 Å². The third-order valence-corrected chi connectivity index (χ3v) is 1.38. The molecule has 1 heterocycles. The first-order valence-electron chi connectivity index (χ1n) is 2.78. The number of nitrogens with two attached hydrogens (primary N) is 1. The van der Waals surface area contributed by atoms with E-state index >= 15 is 0 Å². The fraction of sp³-hybridized carbons (Fsp3) is 1.00. The summed E-state index contributed by atoms with van der Waals surface area (Å²) in [6, 6.07) is 1.06. The second-order valence-electron chi connectivity index (χ2n) is 2.31. The molecule has 0 aromatic rings. The summed E-state index contributed by atoms with van der Waals surface area (Å²) in [6.45, 7) is 3.16. The van der Waals surface area contributed by atoms with Gasteiger partial charge in [-0.05, 0) is 13.3 Å². The van der Waals surface area contributed by atoms with Crippen LogP contribution in [0.1, 0.15) is 13.3 Å². The summed E-state index contributed by atoms with van der Waals surface area (Å²) in [4.78, 5) is 0. The van der Waals surface area contributed by atoms with Crippen LogP contribution in [0.2, 0.25) is 0 Å². The van der Waals surface area contributed by atoms with Crippen LogP contribution < -0.4 is 11.1 Å². The van der Waals surface area contributed by atoms with E-state index in [-0.39, 0.29) is 0 Å². The van der Waals surface area contributed by atoms with Crippen LogP contribution in [0.25, 0.3) is 0 Å². The summed E-state index contributed by atoms with van der Waals surface area (Å²) >= 11 is 0. The van der Waals surface area contributed by atoms with Gasteiger partial charge in [0.2, 0.25) is 0 Å². The standard InChI is InChI=1S/C5H12N2/c1-4-2-5(6)3-7-4/h4-5,7H,2-3,6H2,1H3/t4?,5-/m0/s1. The van der Waals surface area contributed by atoms with E-state index in [1.54, 1.807) is 0 Å². The molecule has 0 radical (unpaired) electrons. The maximum atomic E-state index is 5.56. The van der Waals surface area contributed by atoms with Crippen molar-refractivity contribution in [2.75, 3.05) is 6.54 Å². The molecule has 7 heavy (non-hydrogen) atoms. The van der Waals surface area contributed by atoms with E-state index in [4.69, 9.17) is 5.73 Å². The molecule has 42 valence electrons. The molecule has 0 bridgehead atoms. The maximum Gasteiger partial charge on any atom is 0.0180 e. The van der Waals surface area contributed by atoms with Crippen LogP contribution in [-0.2, 0) is 0 Å². The molecule has 1 rings (SSSR count). The molecule has 0 aromatic heterocycles. The Labute approximate surface area is 44.1 Å². The minimum absolute atomic E-state index is 0.412. The fourth-order valence-corrected chi connectivity index (χ4v) is 0.973. The Morgan fingerprint density at radius 2 is 2.43 bits per heavy atom. The number of hydrogen-bond donors (Lipinski definition) is 2. The van der Waals surface area contributed by atoms with Crippen molar-refractivity contribution >= 4 is 0 Å². The minimum Gasteiger partial charge on any atom is -0.326 e. The largest absolute Gasteiger partial charge is 0.326 e. The van der Waals surface area contributed by atoms with E-state index in [9.17, 15) is 0 Å². The van der Waals surface area contributed by atoms with E-state index in [0.29, 0.717) is 12.1 Å². The zero-order valence-corrected chi connectivity index (χ0v) is 4.65. The molecule has 1 unspecified atom stereocenters. The third kappa shape index (κ3) is 1.14. The van der Waals surface area contributed by atoms with Crippen molar-refractivity contribution in [3.63, 3.8) is 0 Å². The monoisotopic (exact) mass is 100 g/mol. The van der Waals surface area contributed by atoms with Gasteiger partial charge >= 0.3 is 0 Å². The van der Waals surface area contributed by atoms with Gasteiger partial charge in [-0.25, -0.2) is 0 Å². The highest BCUT2D eigenvalue weighted by molar-refractivity contribution is 4.79. The van der Waals surface area contributed by atoms with Crippen molar-refractivity contribution in [1.29, 1.82) is 0 Å². The Balaban J connectivity index is 2.26. The second kappa shape index (κ2) is 1.80. The molecule has 1 fully saturated rings. The SMILES string of the molecule is CC1C[C@H](N)CN1. The molecule has 2 nitrogen and oxygen atoms in total. The van der Waals surface area contributed by atoms with Crippen molar-refractivity contribution in [2.24, 2.45) is 5.73 Å². The molecular formula is C5H12N2. The topological polar surface area (TPSA) is 38.0 Å². The van der Waals surface area contributed by atoms with Crippen LogP contribution in [-0.4, -0.2) is 18.6 Å². The van der Waals surface area contributed by atoms with E-state index in [0.717, 1.165) is 13.0 Å². The zero-order valence-electron chi connectivity index (χ0n) is 4.65. The molecule has 0 spiro atoms. The molecule has 1 saturated heterocycles. The molecule has 2 atom stereocenters. The summed E-state index contributed by atoms with van der Waals surface area (Å²) in [5, 5.41) is 3.24. The highest BCUT2D eigenvalue weighted by Crippen LogP contribution is 2.01. The Bertz CT molecular complexity index is 55.1. The van der Waals surface area contributed by atoms with Crippen LogP contribution in [0, 0.1) is 0 Å². The van der Waals surface area contributed by atoms with Crippen molar-refractivity contribution in [3.05, 3.63) is 0 Å². The Hall–Kier alpha value is -0.0800. The molecule has 1 aliphatic rings. The van der Waals surface area contributed by atoms with Crippen LogP contribution in [0.15, 0.2) is 0 Å². The molecule has 0 saturated carbocycles. The van der Waals surface area contributed by atoms with Gasteiger partial charge in [0.15, 0.2) is 0 Å². The van der Waals surface area contributed by atoms with Gasteiger partial charge in [-0.15, -0.1) is 0 Å². The average molecular weight is 100 g/mol. The number of nitrogens with one attached hydrogen (secondary N) is 1. The van der Waals surface area contributed by atoms with Crippen molar-refractivity contribution in [2.45, 2.75) is 25.4 Å². The Morgan fingerprint density at radius 1 is 1.71 bits per heavy atom. The van der Waals surface area contributed by atoms with E-state index in [2.05, 4.69) is 12.2 Å². The molecule has 0 aromatic carbocycles. The lowest BCUT2D eigenvalue weighted by Gasteiger charge is -1.96. The van der Waals surface area contributed by atoms with Gasteiger partial charge in [0.05, 0.1) is 0 Å². The van der Waals surface area contributed by atoms with Crippen LogP contribution in [0.4, 0.5) is 0 Å². The van der Waals surface area contributed by atoms with Gasteiger partial charge in [0, 0.05) is 18.6 Å². The first-order valence-corrected chi connectivity index (χ1v) is 2.78. The third-order valence-electron chi connectivity index (χ3n) is 1.38. The Morgan fingerprint density at radius 3 is 2.57 bits per heavy atom. The molecule has 2 heteroatoms. The molecular weight excluding hydrogens is 88.1 g/mol. The predicted molar refractivity (Wildman–Crippen MR) is 30.1 cm³/mol. The van der Waals surface area contributed by atoms with Gasteiger partial charge in [0.25, 0.3) is 0 Å². The summed E-state index contributed by atoms with van der Waals surface area (Å²) in [5.74, 6) is 0. The molecule has 3 N–H and O–H groups in total. The zero-order chi connectivity index (χ0) is 5.28. The van der Waals surface area contributed by atoms with Gasteiger partial charge < -0.3 is 11.1 Å². The number of hydrogen-bond acceptors (Lipinski definition) is 2. The lowest BCUT2D eigenvalue weighted by molar-refractivity contribution is 0.657. The van der Waals surface area contributed by atoms with Crippen molar-refractivity contribution < 1.29 is 0 Å². The smallest absolute Gasteiger partial charge is 0.0180 e. The lowest BCUT2D eigenvalue weighted by atomic mass is 10.2. The lowest BCUT2D eigenvalue weighted by Crippen LogP contribution is -2.22. The van der Waals surface area contributed by atoms with E-state index in [1.807, 2.05) is 0 Å².